The maximum atomic E-state index is 4.02. The van der Waals surface area contributed by atoms with Gasteiger partial charge >= 0.3 is 0 Å². The topological polar surface area (TPSA) is 50.5 Å². The molecule has 1 heterocycles. The number of hydrogen-bond donors (Lipinski definition) is 0. The molecule has 68 valence electrons. The first-order valence-electron chi connectivity index (χ1n) is 4.17. The second-order valence-electron chi connectivity index (χ2n) is 2.63. The molecule has 2 aromatic rings. The van der Waals surface area contributed by atoms with Crippen molar-refractivity contribution in [2.45, 2.75) is 0 Å². The number of azo groups is 1. The van der Waals surface area contributed by atoms with Crippen LogP contribution in [0.15, 0.2) is 59.3 Å². The predicted molar refractivity (Wildman–Crippen MR) is 52.7 cm³/mol. The van der Waals surface area contributed by atoms with Crippen molar-refractivity contribution in [2.75, 3.05) is 0 Å². The Morgan fingerprint density at radius 3 is 2.14 bits per heavy atom. The van der Waals surface area contributed by atoms with Gasteiger partial charge < -0.3 is 0 Å². The third-order valence-corrected chi connectivity index (χ3v) is 1.58. The summed E-state index contributed by atoms with van der Waals surface area (Å²) in [5.41, 5.74) is 1.47. The molecule has 4 heteroatoms. The maximum Gasteiger partial charge on any atom is 0.122 e. The van der Waals surface area contributed by atoms with Gasteiger partial charge in [0.15, 0.2) is 0 Å². The zero-order chi connectivity index (χ0) is 9.64. The van der Waals surface area contributed by atoms with Gasteiger partial charge in [-0.25, -0.2) is 9.97 Å². The summed E-state index contributed by atoms with van der Waals surface area (Å²) in [6.07, 6.45) is 4.68. The van der Waals surface area contributed by atoms with Crippen molar-refractivity contribution in [1.82, 2.24) is 9.97 Å². The highest BCUT2D eigenvalue weighted by molar-refractivity contribution is 5.36. The number of aromatic nitrogens is 2. The molecule has 0 fully saturated rings. The summed E-state index contributed by atoms with van der Waals surface area (Å²) in [5.74, 6) is 0. The Bertz CT molecular complexity index is 369. The van der Waals surface area contributed by atoms with E-state index in [2.05, 4.69) is 20.2 Å². The van der Waals surface area contributed by atoms with Crippen molar-refractivity contribution in [3.8, 4) is 0 Å². The number of benzene rings is 1. The van der Waals surface area contributed by atoms with E-state index in [1.54, 1.807) is 12.4 Å². The zero-order valence-electron chi connectivity index (χ0n) is 7.41. The van der Waals surface area contributed by atoms with Gasteiger partial charge in [-0.05, 0) is 12.1 Å². The van der Waals surface area contributed by atoms with E-state index in [1.165, 1.54) is 6.33 Å². The molecule has 4 nitrogen and oxygen atoms in total. The molecule has 1 aromatic carbocycles. The Kier molecular flexibility index (Phi) is 2.56. The zero-order valence-corrected chi connectivity index (χ0v) is 7.41. The largest absolute Gasteiger partial charge is 0.243 e. The molecule has 0 N–H and O–H groups in total. The minimum atomic E-state index is 0.649. The fourth-order valence-corrected chi connectivity index (χ4v) is 0.953. The number of rotatable bonds is 2. The molecule has 0 atom stereocenters. The van der Waals surface area contributed by atoms with E-state index in [9.17, 15) is 0 Å². The van der Waals surface area contributed by atoms with Crippen LogP contribution in [0.25, 0.3) is 0 Å². The first kappa shape index (κ1) is 8.50. The Labute approximate surface area is 81.4 Å². The van der Waals surface area contributed by atoms with E-state index in [1.807, 2.05) is 30.3 Å². The lowest BCUT2D eigenvalue weighted by molar-refractivity contribution is 1.12. The van der Waals surface area contributed by atoms with Crippen LogP contribution in [0.5, 0.6) is 0 Å². The smallest absolute Gasteiger partial charge is 0.122 e. The Morgan fingerprint density at radius 1 is 0.786 bits per heavy atom. The fraction of sp³-hybridized carbons (Fsp3) is 0. The van der Waals surface area contributed by atoms with E-state index in [4.69, 9.17) is 0 Å². The summed E-state index contributed by atoms with van der Waals surface area (Å²) in [6, 6.07) is 9.52. The van der Waals surface area contributed by atoms with Crippen molar-refractivity contribution in [1.29, 1.82) is 0 Å². The average Bonchev–Trinajstić information content (AvgIpc) is 2.29. The molecule has 14 heavy (non-hydrogen) atoms. The minimum Gasteiger partial charge on any atom is -0.243 e. The van der Waals surface area contributed by atoms with Crippen molar-refractivity contribution >= 4 is 11.4 Å². The first-order valence-corrected chi connectivity index (χ1v) is 4.17. The van der Waals surface area contributed by atoms with Crippen molar-refractivity contribution in [3.63, 3.8) is 0 Å². The van der Waals surface area contributed by atoms with Gasteiger partial charge in [-0.1, -0.05) is 18.2 Å². The molecule has 0 bridgehead atoms. The molecule has 0 unspecified atom stereocenters. The molecule has 2 rings (SSSR count). The minimum absolute atomic E-state index is 0.649. The summed E-state index contributed by atoms with van der Waals surface area (Å²) in [4.78, 5) is 7.66. The van der Waals surface area contributed by atoms with Crippen molar-refractivity contribution in [3.05, 3.63) is 49.1 Å². The van der Waals surface area contributed by atoms with Gasteiger partial charge in [-0.2, -0.15) is 5.11 Å². The number of nitrogens with zero attached hydrogens (tertiary/aromatic N) is 4. The van der Waals surface area contributed by atoms with Crippen LogP contribution < -0.4 is 0 Å². The highest BCUT2D eigenvalue weighted by atomic mass is 15.1. The molecule has 0 aliphatic carbocycles. The molecule has 0 spiro atoms. The van der Waals surface area contributed by atoms with Crippen LogP contribution in [0.1, 0.15) is 0 Å². The maximum absolute atomic E-state index is 4.02. The summed E-state index contributed by atoms with van der Waals surface area (Å²) in [7, 11) is 0. The first-order chi connectivity index (χ1) is 6.95. The molecular formula is C10H8N4. The van der Waals surface area contributed by atoms with Crippen LogP contribution in [0.4, 0.5) is 11.4 Å². The van der Waals surface area contributed by atoms with Gasteiger partial charge in [-0.15, -0.1) is 5.11 Å². The molecular weight excluding hydrogens is 176 g/mol. The van der Waals surface area contributed by atoms with Crippen LogP contribution in [0, 0.1) is 0 Å². The highest BCUT2D eigenvalue weighted by Gasteiger charge is 1.88. The van der Waals surface area contributed by atoms with Gasteiger partial charge in [0, 0.05) is 0 Å². The van der Waals surface area contributed by atoms with Crippen LogP contribution in [0.2, 0.25) is 0 Å². The van der Waals surface area contributed by atoms with E-state index < -0.39 is 0 Å². The van der Waals surface area contributed by atoms with E-state index in [0.717, 1.165) is 5.69 Å². The summed E-state index contributed by atoms with van der Waals surface area (Å²) in [6.45, 7) is 0. The molecule has 0 saturated carbocycles. The summed E-state index contributed by atoms with van der Waals surface area (Å²) >= 11 is 0. The lowest BCUT2D eigenvalue weighted by Gasteiger charge is -1.90. The molecule has 0 aliphatic rings. The summed E-state index contributed by atoms with van der Waals surface area (Å²) < 4.78 is 0. The van der Waals surface area contributed by atoms with Crippen LogP contribution in [-0.2, 0) is 0 Å². The third kappa shape index (κ3) is 2.20. The van der Waals surface area contributed by atoms with Crippen molar-refractivity contribution in [2.24, 2.45) is 10.2 Å². The predicted octanol–water partition coefficient (Wildman–Crippen LogP) is 2.89. The molecule has 1 aromatic heterocycles. The Balaban J connectivity index is 2.16. The second-order valence-corrected chi connectivity index (χ2v) is 2.63. The monoisotopic (exact) mass is 184 g/mol. The molecule has 0 amide bonds. The highest BCUT2D eigenvalue weighted by Crippen LogP contribution is 2.14. The van der Waals surface area contributed by atoms with Gasteiger partial charge in [0.2, 0.25) is 0 Å². The van der Waals surface area contributed by atoms with Gasteiger partial charge in [-0.3, -0.25) is 0 Å². The Morgan fingerprint density at radius 2 is 1.43 bits per heavy atom. The Hall–Kier alpha value is -2.10. The van der Waals surface area contributed by atoms with E-state index in [-0.39, 0.29) is 0 Å². The van der Waals surface area contributed by atoms with Gasteiger partial charge in [0.05, 0.1) is 18.1 Å². The second kappa shape index (κ2) is 4.23. The van der Waals surface area contributed by atoms with Crippen LogP contribution >= 0.6 is 0 Å². The van der Waals surface area contributed by atoms with E-state index >= 15 is 0 Å². The summed E-state index contributed by atoms with van der Waals surface area (Å²) in [5, 5.41) is 8.00. The number of hydrogen-bond acceptors (Lipinski definition) is 4. The van der Waals surface area contributed by atoms with Gasteiger partial charge in [0.1, 0.15) is 12.0 Å². The average molecular weight is 184 g/mol. The van der Waals surface area contributed by atoms with Gasteiger partial charge in [0.25, 0.3) is 0 Å². The van der Waals surface area contributed by atoms with Crippen molar-refractivity contribution < 1.29 is 0 Å². The SMILES string of the molecule is c1ccc(/N=N/c2cncnc2)cc1. The normalized spacial score (nSPS) is 10.6. The fourth-order valence-electron chi connectivity index (χ4n) is 0.953. The third-order valence-electron chi connectivity index (χ3n) is 1.58. The molecule has 0 radical (unpaired) electrons. The lowest BCUT2D eigenvalue weighted by Crippen LogP contribution is -1.72. The quantitative estimate of drug-likeness (QED) is 0.674. The molecule has 0 aliphatic heterocycles. The molecule has 0 saturated heterocycles. The lowest BCUT2D eigenvalue weighted by atomic mass is 10.3. The standard InChI is InChI=1S/C10H8N4/c1-2-4-9(5-3-1)13-14-10-6-11-8-12-7-10/h1-8H/b14-13+. The van der Waals surface area contributed by atoms with Crippen LogP contribution in [0.3, 0.4) is 0 Å². The van der Waals surface area contributed by atoms with E-state index in [0.29, 0.717) is 5.69 Å². The van der Waals surface area contributed by atoms with Crippen LogP contribution in [-0.4, -0.2) is 9.97 Å².